The number of hydrogen-bond donors (Lipinski definition) is 0. The second-order valence-corrected chi connectivity index (χ2v) is 1.98. The summed E-state index contributed by atoms with van der Waals surface area (Å²) in [5, 5.41) is 0. The quantitative estimate of drug-likeness (QED) is 0.527. The Morgan fingerprint density at radius 1 is 1.44 bits per heavy atom. The molecule has 0 rings (SSSR count). The fourth-order valence-corrected chi connectivity index (χ4v) is 0. The molecule has 0 aliphatic rings. The van der Waals surface area contributed by atoms with Crippen LogP contribution < -0.4 is 0 Å². The Morgan fingerprint density at radius 2 is 1.56 bits per heavy atom. The van der Waals surface area contributed by atoms with Crippen LogP contribution in [0.2, 0.25) is 0 Å². The van der Waals surface area contributed by atoms with Crippen molar-refractivity contribution in [2.24, 2.45) is 0 Å². The van der Waals surface area contributed by atoms with E-state index in [4.69, 9.17) is 11.6 Å². The zero-order valence-corrected chi connectivity index (χ0v) is 6.96. The van der Waals surface area contributed by atoms with Gasteiger partial charge in [0, 0.05) is 5.88 Å². The van der Waals surface area contributed by atoms with Gasteiger partial charge in [-0.2, -0.15) is 0 Å². The highest BCUT2D eigenvalue weighted by molar-refractivity contribution is 6.17. The van der Waals surface area contributed by atoms with Gasteiger partial charge in [0.15, 0.2) is 0 Å². The van der Waals surface area contributed by atoms with Crippen LogP contribution in [0.5, 0.6) is 0 Å². The molecule has 0 atom stereocenters. The molecule has 0 bridgehead atoms. The van der Waals surface area contributed by atoms with Gasteiger partial charge in [-0.25, -0.2) is 0 Å². The Hall–Kier alpha value is -0.0800. The Bertz CT molecular complexity index is 49.0. The van der Waals surface area contributed by atoms with E-state index in [-0.39, 0.29) is 11.3 Å². The number of carbonyl (C=O) groups excluding carboxylic acids is 1. The van der Waals surface area contributed by atoms with Gasteiger partial charge in [-0.05, 0) is 20.3 Å². The number of alkyl halides is 1. The minimum Gasteiger partial charge on any atom is -0.412 e. The summed E-state index contributed by atoms with van der Waals surface area (Å²) in [5.41, 5.74) is 0. The Kier molecular flexibility index (Phi) is 27.8. The molecule has 0 aliphatic heterocycles. The fourth-order valence-electron chi connectivity index (χ4n) is 0. The highest BCUT2D eigenvalue weighted by Gasteiger charge is 1.62. The van der Waals surface area contributed by atoms with Gasteiger partial charge in [-0.1, -0.05) is 6.92 Å². The number of ketones is 1. The minimum absolute atomic E-state index is 0. The van der Waals surface area contributed by atoms with E-state index in [0.29, 0.717) is 0 Å². The molecule has 2 N–H and O–H groups in total. The monoisotopic (exact) mass is 154 g/mol. The Morgan fingerprint density at radius 3 is 1.56 bits per heavy atom. The zero-order chi connectivity index (χ0) is 6.99. The van der Waals surface area contributed by atoms with Gasteiger partial charge in [0.05, 0.1) is 0 Å². The second-order valence-electron chi connectivity index (χ2n) is 1.60. The standard InChI is InChI=1S/C3H7Cl.C3H6O.H2O/c1-2-3-4;1-3(2)4;/h2-3H2,1H3;1-2H3;1H2. The van der Waals surface area contributed by atoms with Crippen molar-refractivity contribution >= 4 is 17.4 Å². The van der Waals surface area contributed by atoms with Gasteiger partial charge in [0.2, 0.25) is 0 Å². The predicted molar refractivity (Wildman–Crippen MR) is 41.0 cm³/mol. The molecule has 0 aromatic carbocycles. The maximum Gasteiger partial charge on any atom is 0.126 e. The fraction of sp³-hybridized carbons (Fsp3) is 0.833. The average molecular weight is 155 g/mol. The maximum absolute atomic E-state index is 9.44. The van der Waals surface area contributed by atoms with Crippen molar-refractivity contribution in [3.05, 3.63) is 0 Å². The molecule has 0 amide bonds. The van der Waals surface area contributed by atoms with Crippen LogP contribution in [0.3, 0.4) is 0 Å². The lowest BCUT2D eigenvalue weighted by molar-refractivity contribution is -0.114. The van der Waals surface area contributed by atoms with Crippen molar-refractivity contribution in [3.8, 4) is 0 Å². The van der Waals surface area contributed by atoms with Crippen LogP contribution in [0.15, 0.2) is 0 Å². The molecule has 0 saturated carbocycles. The summed E-state index contributed by atoms with van der Waals surface area (Å²) in [4.78, 5) is 9.44. The maximum atomic E-state index is 9.44. The minimum atomic E-state index is 0. The molecule has 58 valence electrons. The van der Waals surface area contributed by atoms with Crippen LogP contribution >= 0.6 is 11.6 Å². The first-order valence-electron chi connectivity index (χ1n) is 2.68. The van der Waals surface area contributed by atoms with Crippen LogP contribution in [0, 0.1) is 0 Å². The van der Waals surface area contributed by atoms with Crippen molar-refractivity contribution < 1.29 is 10.3 Å². The number of halogens is 1. The van der Waals surface area contributed by atoms with E-state index in [2.05, 4.69) is 0 Å². The molecule has 0 aromatic heterocycles. The van der Waals surface area contributed by atoms with Gasteiger partial charge in [0.1, 0.15) is 5.78 Å². The first-order chi connectivity index (χ1) is 3.65. The highest BCUT2D eigenvalue weighted by Crippen LogP contribution is 1.75. The molecule has 0 aliphatic carbocycles. The molecule has 3 heteroatoms. The van der Waals surface area contributed by atoms with E-state index < -0.39 is 0 Å². The van der Waals surface area contributed by atoms with Crippen molar-refractivity contribution in [1.82, 2.24) is 0 Å². The summed E-state index contributed by atoms with van der Waals surface area (Å²) in [6, 6.07) is 0. The third-order valence-electron chi connectivity index (χ3n) is 0.189. The van der Waals surface area contributed by atoms with Crippen molar-refractivity contribution in [3.63, 3.8) is 0 Å². The lowest BCUT2D eigenvalue weighted by atomic mass is 10.6. The SMILES string of the molecule is CC(C)=O.CCCCl.O. The van der Waals surface area contributed by atoms with Crippen LogP contribution in [-0.4, -0.2) is 17.1 Å². The molecule has 0 fully saturated rings. The molecule has 9 heavy (non-hydrogen) atoms. The third kappa shape index (κ3) is 328. The summed E-state index contributed by atoms with van der Waals surface area (Å²) < 4.78 is 0. The molecular weight excluding hydrogens is 140 g/mol. The Balaban J connectivity index is -0.0000000720. The van der Waals surface area contributed by atoms with Crippen molar-refractivity contribution in [2.75, 3.05) is 5.88 Å². The van der Waals surface area contributed by atoms with Gasteiger partial charge < -0.3 is 10.3 Å². The van der Waals surface area contributed by atoms with E-state index in [1.165, 1.54) is 13.8 Å². The number of rotatable bonds is 1. The third-order valence-corrected chi connectivity index (χ3v) is 0.567. The van der Waals surface area contributed by atoms with Gasteiger partial charge in [-0.15, -0.1) is 11.6 Å². The van der Waals surface area contributed by atoms with E-state index >= 15 is 0 Å². The summed E-state index contributed by atoms with van der Waals surface area (Å²) in [7, 11) is 0. The Labute approximate surface area is 61.5 Å². The first kappa shape index (κ1) is 16.0. The van der Waals surface area contributed by atoms with E-state index in [1.807, 2.05) is 6.92 Å². The van der Waals surface area contributed by atoms with Crippen LogP contribution in [0.4, 0.5) is 0 Å². The van der Waals surface area contributed by atoms with Crippen LogP contribution in [-0.2, 0) is 4.79 Å². The second kappa shape index (κ2) is 15.7. The molecule has 0 saturated heterocycles. The normalized spacial score (nSPS) is 6.22. The summed E-state index contributed by atoms with van der Waals surface area (Å²) in [6.45, 7) is 5.10. The lowest BCUT2D eigenvalue weighted by Crippen LogP contribution is -1.69. The van der Waals surface area contributed by atoms with E-state index in [0.717, 1.165) is 12.3 Å². The van der Waals surface area contributed by atoms with Gasteiger partial charge in [0.25, 0.3) is 0 Å². The van der Waals surface area contributed by atoms with Gasteiger partial charge >= 0.3 is 0 Å². The summed E-state index contributed by atoms with van der Waals surface area (Å²) in [6.07, 6.45) is 1.08. The van der Waals surface area contributed by atoms with Crippen molar-refractivity contribution in [1.29, 1.82) is 0 Å². The topological polar surface area (TPSA) is 48.6 Å². The highest BCUT2D eigenvalue weighted by atomic mass is 35.5. The molecule has 2 nitrogen and oxygen atoms in total. The van der Waals surface area contributed by atoms with Gasteiger partial charge in [-0.3, -0.25) is 0 Å². The molecule has 0 aromatic rings. The van der Waals surface area contributed by atoms with Crippen molar-refractivity contribution in [2.45, 2.75) is 27.2 Å². The summed E-state index contributed by atoms with van der Waals surface area (Å²) >= 11 is 5.19. The smallest absolute Gasteiger partial charge is 0.126 e. The van der Waals surface area contributed by atoms with E-state index in [9.17, 15) is 4.79 Å². The zero-order valence-electron chi connectivity index (χ0n) is 6.20. The molecule has 0 spiro atoms. The number of hydrogen-bond acceptors (Lipinski definition) is 1. The summed E-state index contributed by atoms with van der Waals surface area (Å²) in [5.74, 6) is 0.958. The first-order valence-corrected chi connectivity index (χ1v) is 3.21. The molecule has 0 heterocycles. The lowest BCUT2D eigenvalue weighted by Gasteiger charge is -1.65. The molecular formula is C6H15ClO2. The predicted octanol–water partition coefficient (Wildman–Crippen LogP) is 1.41. The number of Topliss-reactive ketones (excluding diaryl/α,β-unsaturated/α-hetero) is 1. The largest absolute Gasteiger partial charge is 0.412 e. The average Bonchev–Trinajstić information content (AvgIpc) is 1.65. The van der Waals surface area contributed by atoms with Crippen LogP contribution in [0.1, 0.15) is 27.2 Å². The molecule has 0 radical (unpaired) electrons. The van der Waals surface area contributed by atoms with Crippen LogP contribution in [0.25, 0.3) is 0 Å². The number of carbonyl (C=O) groups is 1. The van der Waals surface area contributed by atoms with E-state index in [1.54, 1.807) is 0 Å². The molecule has 0 unspecified atom stereocenters.